The number of aryl methyl sites for hydroxylation is 2. The number of urea groups is 1. The van der Waals surface area contributed by atoms with Crippen LogP contribution in [0.15, 0.2) is 12.3 Å². The molecule has 1 aliphatic carbocycles. The first-order valence-electron chi connectivity index (χ1n) is 8.36. The van der Waals surface area contributed by atoms with Gasteiger partial charge in [-0.3, -0.25) is 4.68 Å². The number of carbonyl (C=O) groups is 1. The molecule has 2 fully saturated rings. The number of aromatic nitrogens is 3. The van der Waals surface area contributed by atoms with Crippen LogP contribution in [0.5, 0.6) is 0 Å². The standard InChI is InChI=1S/C17H23N5O2/c1-9-12-7-10(8-18-15(12)22(4)21-9)19-16(23)20-13-11-5-6-24-14(11)17(13,2)3/h7-8,11,13-14H,5-6H2,1-4H3,(H2,19,20,23)/t11-,13-,14-/m1/s1. The lowest BCUT2D eigenvalue weighted by Gasteiger charge is -2.54. The van der Waals surface area contributed by atoms with Gasteiger partial charge in [0, 0.05) is 36.4 Å². The molecule has 1 saturated carbocycles. The van der Waals surface area contributed by atoms with Crippen LogP contribution in [-0.2, 0) is 11.8 Å². The van der Waals surface area contributed by atoms with Crippen LogP contribution >= 0.6 is 0 Å². The maximum atomic E-state index is 12.4. The molecule has 3 heterocycles. The van der Waals surface area contributed by atoms with Crippen molar-refractivity contribution in [3.8, 4) is 0 Å². The average Bonchev–Trinajstić information content (AvgIpc) is 3.09. The molecule has 0 aromatic carbocycles. The maximum absolute atomic E-state index is 12.4. The van der Waals surface area contributed by atoms with Gasteiger partial charge in [0.05, 0.1) is 23.7 Å². The molecule has 0 radical (unpaired) electrons. The molecule has 128 valence electrons. The lowest BCUT2D eigenvalue weighted by atomic mass is 9.57. The highest BCUT2D eigenvalue weighted by Gasteiger charge is 2.59. The van der Waals surface area contributed by atoms with Crippen molar-refractivity contribution in [1.29, 1.82) is 0 Å². The molecule has 2 aromatic rings. The summed E-state index contributed by atoms with van der Waals surface area (Å²) in [5.41, 5.74) is 2.35. The van der Waals surface area contributed by atoms with Gasteiger partial charge in [-0.15, -0.1) is 0 Å². The first-order valence-corrected chi connectivity index (χ1v) is 8.36. The molecule has 2 aromatic heterocycles. The molecule has 2 aliphatic rings. The van der Waals surface area contributed by atoms with Crippen LogP contribution in [0.3, 0.4) is 0 Å². The van der Waals surface area contributed by atoms with E-state index in [9.17, 15) is 4.79 Å². The van der Waals surface area contributed by atoms with Gasteiger partial charge in [-0.05, 0) is 19.4 Å². The summed E-state index contributed by atoms with van der Waals surface area (Å²) >= 11 is 0. The smallest absolute Gasteiger partial charge is 0.319 e. The number of carbonyl (C=O) groups excluding carboxylic acids is 1. The zero-order chi connectivity index (χ0) is 17.1. The number of hydrogen-bond donors (Lipinski definition) is 2. The highest BCUT2D eigenvalue weighted by Crippen LogP contribution is 2.52. The molecular weight excluding hydrogens is 306 g/mol. The molecule has 2 N–H and O–H groups in total. The van der Waals surface area contributed by atoms with Gasteiger partial charge in [-0.25, -0.2) is 9.78 Å². The molecule has 4 rings (SSSR count). The first kappa shape index (κ1) is 15.4. The summed E-state index contributed by atoms with van der Waals surface area (Å²) in [4.78, 5) is 16.8. The normalized spacial score (nSPS) is 27.6. The molecule has 7 nitrogen and oxygen atoms in total. The van der Waals surface area contributed by atoms with Crippen LogP contribution in [0, 0.1) is 18.3 Å². The Labute approximate surface area is 140 Å². The Morgan fingerprint density at radius 2 is 2.25 bits per heavy atom. The monoisotopic (exact) mass is 329 g/mol. The Morgan fingerprint density at radius 1 is 1.46 bits per heavy atom. The summed E-state index contributed by atoms with van der Waals surface area (Å²) < 4.78 is 7.51. The molecule has 2 amide bonds. The summed E-state index contributed by atoms with van der Waals surface area (Å²) in [5, 5.41) is 11.3. The average molecular weight is 329 g/mol. The summed E-state index contributed by atoms with van der Waals surface area (Å²) in [6.07, 6.45) is 2.94. The number of amides is 2. The van der Waals surface area contributed by atoms with Gasteiger partial charge >= 0.3 is 6.03 Å². The van der Waals surface area contributed by atoms with Crippen LogP contribution in [0.2, 0.25) is 0 Å². The van der Waals surface area contributed by atoms with E-state index in [4.69, 9.17) is 4.74 Å². The number of fused-ring (bicyclic) bond motifs is 2. The minimum atomic E-state index is -0.193. The van der Waals surface area contributed by atoms with Crippen molar-refractivity contribution in [2.24, 2.45) is 18.4 Å². The Morgan fingerprint density at radius 3 is 3.04 bits per heavy atom. The van der Waals surface area contributed by atoms with E-state index in [1.165, 1.54) is 0 Å². The van der Waals surface area contributed by atoms with Gasteiger partial charge in [0.2, 0.25) is 0 Å². The van der Waals surface area contributed by atoms with Crippen molar-refractivity contribution in [3.63, 3.8) is 0 Å². The summed E-state index contributed by atoms with van der Waals surface area (Å²) in [7, 11) is 1.86. The lowest BCUT2D eigenvalue weighted by molar-refractivity contribution is -0.107. The number of anilines is 1. The van der Waals surface area contributed by atoms with Crippen LogP contribution < -0.4 is 10.6 Å². The molecule has 24 heavy (non-hydrogen) atoms. The van der Waals surface area contributed by atoms with Crippen molar-refractivity contribution < 1.29 is 9.53 Å². The number of rotatable bonds is 2. The Bertz CT molecular complexity index is 813. The van der Waals surface area contributed by atoms with E-state index in [1.807, 2.05) is 20.0 Å². The second-order valence-corrected chi connectivity index (χ2v) is 7.45. The van der Waals surface area contributed by atoms with Gasteiger partial charge in [-0.2, -0.15) is 5.10 Å². The van der Waals surface area contributed by atoms with Crippen molar-refractivity contribution in [2.75, 3.05) is 11.9 Å². The second kappa shape index (κ2) is 5.17. The fourth-order valence-electron chi connectivity index (χ4n) is 4.30. The van der Waals surface area contributed by atoms with Crippen molar-refractivity contribution >= 4 is 22.8 Å². The zero-order valence-corrected chi connectivity index (χ0v) is 14.5. The van der Waals surface area contributed by atoms with Gasteiger partial charge in [0.1, 0.15) is 0 Å². The van der Waals surface area contributed by atoms with E-state index >= 15 is 0 Å². The predicted octanol–water partition coefficient (Wildman–Crippen LogP) is 2.21. The highest BCUT2D eigenvalue weighted by molar-refractivity contribution is 5.92. The highest BCUT2D eigenvalue weighted by atomic mass is 16.5. The molecule has 3 atom stereocenters. The predicted molar refractivity (Wildman–Crippen MR) is 90.8 cm³/mol. The summed E-state index contributed by atoms with van der Waals surface area (Å²) in [5.74, 6) is 0.423. The molecule has 1 aliphatic heterocycles. The van der Waals surface area contributed by atoms with Crippen molar-refractivity contribution in [3.05, 3.63) is 18.0 Å². The molecular formula is C17H23N5O2. The zero-order valence-electron chi connectivity index (χ0n) is 14.5. The Hall–Kier alpha value is -2.15. The van der Waals surface area contributed by atoms with Gasteiger partial charge in [-0.1, -0.05) is 13.8 Å². The van der Waals surface area contributed by atoms with Crippen molar-refractivity contribution in [2.45, 2.75) is 39.3 Å². The first-order chi connectivity index (χ1) is 11.4. The Kier molecular flexibility index (Phi) is 3.32. The van der Waals surface area contributed by atoms with E-state index in [2.05, 4.69) is 34.6 Å². The fraction of sp³-hybridized carbons (Fsp3) is 0.588. The van der Waals surface area contributed by atoms with E-state index in [1.54, 1.807) is 10.9 Å². The van der Waals surface area contributed by atoms with Gasteiger partial charge < -0.3 is 15.4 Å². The third kappa shape index (κ3) is 2.18. The third-order valence-corrected chi connectivity index (χ3v) is 5.51. The van der Waals surface area contributed by atoms with E-state index in [-0.39, 0.29) is 23.6 Å². The number of ether oxygens (including phenoxy) is 1. The maximum Gasteiger partial charge on any atom is 0.319 e. The molecule has 0 spiro atoms. The quantitative estimate of drug-likeness (QED) is 0.885. The van der Waals surface area contributed by atoms with Crippen LogP contribution in [0.25, 0.3) is 11.0 Å². The van der Waals surface area contributed by atoms with Gasteiger partial charge in [0.25, 0.3) is 0 Å². The van der Waals surface area contributed by atoms with E-state index in [0.717, 1.165) is 29.8 Å². The number of hydrogen-bond acceptors (Lipinski definition) is 4. The number of nitrogens with one attached hydrogen (secondary N) is 2. The van der Waals surface area contributed by atoms with E-state index < -0.39 is 0 Å². The number of nitrogens with zero attached hydrogens (tertiary/aromatic N) is 3. The molecule has 1 saturated heterocycles. The number of pyridine rings is 1. The summed E-state index contributed by atoms with van der Waals surface area (Å²) in [6.45, 7) is 7.03. The fourth-order valence-corrected chi connectivity index (χ4v) is 4.30. The second-order valence-electron chi connectivity index (χ2n) is 7.45. The van der Waals surface area contributed by atoms with Crippen molar-refractivity contribution in [1.82, 2.24) is 20.1 Å². The minimum absolute atomic E-state index is 0.0271. The lowest BCUT2D eigenvalue weighted by Crippen LogP contribution is -2.67. The van der Waals surface area contributed by atoms with Crippen LogP contribution in [0.1, 0.15) is 26.0 Å². The molecule has 0 bridgehead atoms. The van der Waals surface area contributed by atoms with Crippen LogP contribution in [0.4, 0.5) is 10.5 Å². The molecule has 7 heteroatoms. The Balaban J connectivity index is 1.47. The SMILES string of the molecule is Cc1nn(C)c2ncc(NC(=O)N[C@@H]3[C@H]4CCO[C@H]4C3(C)C)cc12. The third-order valence-electron chi connectivity index (χ3n) is 5.51. The summed E-state index contributed by atoms with van der Waals surface area (Å²) in [6, 6.07) is 1.86. The molecule has 0 unspecified atom stereocenters. The largest absolute Gasteiger partial charge is 0.377 e. The van der Waals surface area contributed by atoms with Crippen LogP contribution in [-0.4, -0.2) is 39.5 Å². The topological polar surface area (TPSA) is 81.1 Å². The van der Waals surface area contributed by atoms with Gasteiger partial charge in [0.15, 0.2) is 5.65 Å². The van der Waals surface area contributed by atoms with E-state index in [0.29, 0.717) is 11.6 Å². The minimum Gasteiger partial charge on any atom is -0.377 e.